The summed E-state index contributed by atoms with van der Waals surface area (Å²) < 4.78 is 19.2. The average molecular weight is 435 g/mol. The molecule has 2 heterocycles. The standard InChI is InChI=1S/C26H27FN2O3/c1-26(2,3)15-24(30)28-21-10-6-17(7-11-21)23-14-19-16-29(13-12-22(19)32-23)25(31)18-4-8-20(27)9-5-18/h4-11,14H,12-13,15-16H2,1-3H3,(H,28,30). The van der Waals surface area contributed by atoms with Gasteiger partial charge in [0, 0.05) is 48.3 Å². The lowest BCUT2D eigenvalue weighted by Crippen LogP contribution is -2.35. The molecule has 0 atom stereocenters. The van der Waals surface area contributed by atoms with Gasteiger partial charge in [-0.15, -0.1) is 0 Å². The van der Waals surface area contributed by atoms with Crippen LogP contribution in [-0.2, 0) is 17.8 Å². The van der Waals surface area contributed by atoms with Crippen molar-refractivity contribution in [1.82, 2.24) is 4.90 Å². The van der Waals surface area contributed by atoms with E-state index in [1.807, 2.05) is 51.1 Å². The molecule has 0 saturated carbocycles. The van der Waals surface area contributed by atoms with Crippen LogP contribution in [0.5, 0.6) is 0 Å². The van der Waals surface area contributed by atoms with E-state index < -0.39 is 0 Å². The number of hydrogen-bond donors (Lipinski definition) is 1. The van der Waals surface area contributed by atoms with Gasteiger partial charge in [0.15, 0.2) is 0 Å². The lowest BCUT2D eigenvalue weighted by molar-refractivity contribution is -0.117. The van der Waals surface area contributed by atoms with E-state index in [1.54, 1.807) is 4.90 Å². The molecule has 5 nitrogen and oxygen atoms in total. The predicted octanol–water partition coefficient (Wildman–Crippen LogP) is 5.66. The highest BCUT2D eigenvalue weighted by molar-refractivity contribution is 5.94. The molecule has 0 radical (unpaired) electrons. The fourth-order valence-corrected chi connectivity index (χ4v) is 3.83. The van der Waals surface area contributed by atoms with Gasteiger partial charge in [-0.25, -0.2) is 4.39 Å². The lowest BCUT2D eigenvalue weighted by Gasteiger charge is -2.26. The molecule has 0 saturated heterocycles. The predicted molar refractivity (Wildman–Crippen MR) is 122 cm³/mol. The Morgan fingerprint density at radius 1 is 1.06 bits per heavy atom. The largest absolute Gasteiger partial charge is 0.461 e. The number of carbonyl (C=O) groups excluding carboxylic acids is 2. The fraction of sp³-hybridized carbons (Fsp3) is 0.308. The van der Waals surface area contributed by atoms with Crippen LogP contribution in [-0.4, -0.2) is 23.3 Å². The molecule has 4 rings (SSSR count). The quantitative estimate of drug-likeness (QED) is 0.576. The van der Waals surface area contributed by atoms with Gasteiger partial charge in [-0.05, 0) is 60.0 Å². The molecular formula is C26H27FN2O3. The zero-order valence-electron chi connectivity index (χ0n) is 18.6. The second kappa shape index (κ2) is 8.61. The molecule has 3 aromatic rings. The Labute approximate surface area is 187 Å². The highest BCUT2D eigenvalue weighted by Gasteiger charge is 2.25. The fourth-order valence-electron chi connectivity index (χ4n) is 3.83. The van der Waals surface area contributed by atoms with Gasteiger partial charge in [-0.2, -0.15) is 0 Å². The van der Waals surface area contributed by atoms with Crippen molar-refractivity contribution in [2.45, 2.75) is 40.2 Å². The summed E-state index contributed by atoms with van der Waals surface area (Å²) >= 11 is 0. The molecule has 32 heavy (non-hydrogen) atoms. The third-order valence-corrected chi connectivity index (χ3v) is 5.39. The van der Waals surface area contributed by atoms with E-state index in [0.29, 0.717) is 31.5 Å². The number of hydrogen-bond acceptors (Lipinski definition) is 3. The van der Waals surface area contributed by atoms with E-state index in [9.17, 15) is 14.0 Å². The van der Waals surface area contributed by atoms with Gasteiger partial charge >= 0.3 is 0 Å². The molecule has 0 aliphatic carbocycles. The molecule has 1 N–H and O–H groups in total. The molecule has 1 aromatic heterocycles. The number of carbonyl (C=O) groups is 2. The summed E-state index contributed by atoms with van der Waals surface area (Å²) in [5.74, 6) is 1.13. The molecule has 1 aliphatic heterocycles. The van der Waals surface area contributed by atoms with Crippen LogP contribution in [0.3, 0.4) is 0 Å². The van der Waals surface area contributed by atoms with Crippen molar-refractivity contribution in [2.24, 2.45) is 5.41 Å². The Bertz CT molecular complexity index is 1130. The highest BCUT2D eigenvalue weighted by atomic mass is 19.1. The first-order valence-electron chi connectivity index (χ1n) is 10.7. The van der Waals surface area contributed by atoms with Crippen molar-refractivity contribution in [3.05, 3.63) is 77.3 Å². The van der Waals surface area contributed by atoms with Crippen LogP contribution in [0.2, 0.25) is 0 Å². The van der Waals surface area contributed by atoms with E-state index in [1.165, 1.54) is 24.3 Å². The molecule has 0 unspecified atom stereocenters. The summed E-state index contributed by atoms with van der Waals surface area (Å²) in [5, 5.41) is 2.93. The molecule has 0 fully saturated rings. The Morgan fingerprint density at radius 3 is 2.41 bits per heavy atom. The second-order valence-corrected chi connectivity index (χ2v) is 9.41. The van der Waals surface area contributed by atoms with E-state index >= 15 is 0 Å². The Kier molecular flexibility index (Phi) is 5.87. The number of anilines is 1. The number of nitrogens with one attached hydrogen (secondary N) is 1. The molecular weight excluding hydrogens is 407 g/mol. The maximum Gasteiger partial charge on any atom is 0.254 e. The number of benzene rings is 2. The molecule has 6 heteroatoms. The highest BCUT2D eigenvalue weighted by Crippen LogP contribution is 2.31. The maximum atomic E-state index is 13.1. The number of rotatable bonds is 4. The van der Waals surface area contributed by atoms with Gasteiger partial charge in [0.2, 0.25) is 5.91 Å². The molecule has 1 aliphatic rings. The van der Waals surface area contributed by atoms with Crippen molar-refractivity contribution in [1.29, 1.82) is 0 Å². The topological polar surface area (TPSA) is 62.6 Å². The average Bonchev–Trinajstić information content (AvgIpc) is 3.16. The summed E-state index contributed by atoms with van der Waals surface area (Å²) in [4.78, 5) is 26.6. The first kappa shape index (κ1) is 21.8. The van der Waals surface area contributed by atoms with E-state index in [0.717, 1.165) is 28.3 Å². The minimum absolute atomic E-state index is 0.00961. The first-order chi connectivity index (χ1) is 15.2. The number of amides is 2. The number of furan rings is 1. The SMILES string of the molecule is CC(C)(C)CC(=O)Nc1ccc(-c2cc3c(o2)CCN(C(=O)c2ccc(F)cc2)C3)cc1. The van der Waals surface area contributed by atoms with Crippen LogP contribution in [0, 0.1) is 11.2 Å². The molecule has 166 valence electrons. The minimum atomic E-state index is -0.359. The lowest BCUT2D eigenvalue weighted by atomic mass is 9.92. The number of nitrogens with zero attached hydrogens (tertiary/aromatic N) is 1. The summed E-state index contributed by atoms with van der Waals surface area (Å²) in [6.45, 7) is 7.10. The van der Waals surface area contributed by atoms with E-state index in [4.69, 9.17) is 4.42 Å². The normalized spacial score (nSPS) is 13.6. The zero-order chi connectivity index (χ0) is 22.9. The summed E-state index contributed by atoms with van der Waals surface area (Å²) in [6, 6.07) is 15.1. The monoisotopic (exact) mass is 434 g/mol. The van der Waals surface area contributed by atoms with Crippen molar-refractivity contribution in [2.75, 3.05) is 11.9 Å². The summed E-state index contributed by atoms with van der Waals surface area (Å²) in [5.41, 5.74) is 3.04. The van der Waals surface area contributed by atoms with Crippen molar-refractivity contribution in [3.8, 4) is 11.3 Å². The summed E-state index contributed by atoms with van der Waals surface area (Å²) in [7, 11) is 0. The maximum absolute atomic E-state index is 13.1. The van der Waals surface area contributed by atoms with Crippen LogP contribution in [0.4, 0.5) is 10.1 Å². The van der Waals surface area contributed by atoms with Crippen LogP contribution < -0.4 is 5.32 Å². The number of fused-ring (bicyclic) bond motifs is 1. The van der Waals surface area contributed by atoms with Gasteiger partial charge in [-0.1, -0.05) is 20.8 Å². The Balaban J connectivity index is 1.44. The number of halogens is 1. The Hall–Kier alpha value is -3.41. The van der Waals surface area contributed by atoms with Crippen LogP contribution in [0.15, 0.2) is 59.0 Å². The second-order valence-electron chi connectivity index (χ2n) is 9.41. The summed E-state index contributed by atoms with van der Waals surface area (Å²) in [6.07, 6.45) is 1.08. The van der Waals surface area contributed by atoms with Gasteiger partial charge in [0.1, 0.15) is 17.3 Å². The van der Waals surface area contributed by atoms with Gasteiger partial charge < -0.3 is 14.6 Å². The van der Waals surface area contributed by atoms with Gasteiger partial charge in [-0.3, -0.25) is 9.59 Å². The van der Waals surface area contributed by atoms with E-state index in [-0.39, 0.29) is 23.0 Å². The van der Waals surface area contributed by atoms with Crippen LogP contribution in [0.1, 0.15) is 48.9 Å². The van der Waals surface area contributed by atoms with Crippen molar-refractivity contribution in [3.63, 3.8) is 0 Å². The molecule has 2 amide bonds. The molecule has 0 bridgehead atoms. The van der Waals surface area contributed by atoms with Gasteiger partial charge in [0.25, 0.3) is 5.91 Å². The zero-order valence-corrected chi connectivity index (χ0v) is 18.6. The minimum Gasteiger partial charge on any atom is -0.461 e. The molecule has 2 aromatic carbocycles. The third-order valence-electron chi connectivity index (χ3n) is 5.39. The third kappa shape index (κ3) is 5.07. The van der Waals surface area contributed by atoms with Crippen LogP contribution in [0.25, 0.3) is 11.3 Å². The Morgan fingerprint density at radius 2 is 1.75 bits per heavy atom. The van der Waals surface area contributed by atoms with Crippen LogP contribution >= 0.6 is 0 Å². The van der Waals surface area contributed by atoms with Crippen molar-refractivity contribution >= 4 is 17.5 Å². The molecule has 0 spiro atoms. The first-order valence-corrected chi connectivity index (χ1v) is 10.7. The van der Waals surface area contributed by atoms with Crippen molar-refractivity contribution < 1.29 is 18.4 Å². The van der Waals surface area contributed by atoms with E-state index in [2.05, 4.69) is 5.32 Å². The van der Waals surface area contributed by atoms with Gasteiger partial charge in [0.05, 0.1) is 0 Å². The smallest absolute Gasteiger partial charge is 0.254 e.